The lowest BCUT2D eigenvalue weighted by atomic mass is 10.2. The first-order chi connectivity index (χ1) is 9.97. The van der Waals surface area contributed by atoms with Gasteiger partial charge < -0.3 is 5.11 Å². The molecule has 0 saturated heterocycles. The van der Waals surface area contributed by atoms with E-state index in [1.165, 1.54) is 17.0 Å². The van der Waals surface area contributed by atoms with Gasteiger partial charge in [0.1, 0.15) is 5.82 Å². The number of carbonyl (C=O) groups excluding carboxylic acids is 2. The van der Waals surface area contributed by atoms with Crippen molar-refractivity contribution in [3.63, 3.8) is 0 Å². The molecule has 1 aliphatic rings. The smallest absolute Gasteiger partial charge is 0.328 e. The molecule has 0 saturated carbocycles. The van der Waals surface area contributed by atoms with Gasteiger partial charge in [0.15, 0.2) is 0 Å². The SMILES string of the molecule is O=C(O)CCCC(=O)NC(=O)N1CCc2ccc(F)cc21. The molecule has 1 aliphatic heterocycles. The van der Waals surface area contributed by atoms with Crippen LogP contribution in [0.25, 0.3) is 0 Å². The number of fused-ring (bicyclic) bond motifs is 1. The van der Waals surface area contributed by atoms with Crippen LogP contribution in [0.2, 0.25) is 0 Å². The summed E-state index contributed by atoms with van der Waals surface area (Å²) in [7, 11) is 0. The molecule has 21 heavy (non-hydrogen) atoms. The summed E-state index contributed by atoms with van der Waals surface area (Å²) in [5.74, 6) is -1.97. The van der Waals surface area contributed by atoms with Gasteiger partial charge in [0.2, 0.25) is 5.91 Å². The molecule has 112 valence electrons. The van der Waals surface area contributed by atoms with Crippen LogP contribution in [0.4, 0.5) is 14.9 Å². The molecule has 1 heterocycles. The summed E-state index contributed by atoms with van der Waals surface area (Å²) in [6.07, 6.45) is 0.608. The predicted molar refractivity (Wildman–Crippen MR) is 72.5 cm³/mol. The third kappa shape index (κ3) is 3.77. The number of aliphatic carboxylic acids is 1. The molecule has 0 unspecified atom stereocenters. The number of imide groups is 1. The first-order valence-corrected chi connectivity index (χ1v) is 6.59. The molecule has 0 radical (unpaired) electrons. The van der Waals surface area contributed by atoms with Crippen LogP contribution in [0.15, 0.2) is 18.2 Å². The number of nitrogens with one attached hydrogen (secondary N) is 1. The lowest BCUT2D eigenvalue weighted by Gasteiger charge is -2.17. The average molecular weight is 294 g/mol. The van der Waals surface area contributed by atoms with Crippen molar-refractivity contribution in [2.24, 2.45) is 0 Å². The monoisotopic (exact) mass is 294 g/mol. The van der Waals surface area contributed by atoms with Crippen LogP contribution in [0, 0.1) is 5.82 Å². The molecule has 1 aromatic rings. The fourth-order valence-electron chi connectivity index (χ4n) is 2.21. The first kappa shape index (κ1) is 15.0. The summed E-state index contributed by atoms with van der Waals surface area (Å²) in [5, 5.41) is 10.7. The summed E-state index contributed by atoms with van der Waals surface area (Å²) >= 11 is 0. The Labute approximate surface area is 120 Å². The molecule has 0 aliphatic carbocycles. The van der Waals surface area contributed by atoms with E-state index in [0.29, 0.717) is 18.7 Å². The second-order valence-electron chi connectivity index (χ2n) is 4.78. The number of hydrogen-bond acceptors (Lipinski definition) is 3. The molecule has 0 fully saturated rings. The molecule has 3 amide bonds. The van der Waals surface area contributed by atoms with E-state index < -0.39 is 23.7 Å². The van der Waals surface area contributed by atoms with E-state index in [1.807, 2.05) is 0 Å². The number of benzene rings is 1. The third-order valence-electron chi connectivity index (χ3n) is 3.23. The van der Waals surface area contributed by atoms with E-state index in [0.717, 1.165) is 5.56 Å². The summed E-state index contributed by atoms with van der Waals surface area (Å²) in [4.78, 5) is 35.2. The average Bonchev–Trinajstić information content (AvgIpc) is 2.81. The Balaban J connectivity index is 1.92. The topological polar surface area (TPSA) is 86.7 Å². The molecule has 6 nitrogen and oxygen atoms in total. The molecule has 7 heteroatoms. The molecular weight excluding hydrogens is 279 g/mol. The normalized spacial score (nSPS) is 12.9. The number of rotatable bonds is 4. The van der Waals surface area contributed by atoms with E-state index in [9.17, 15) is 18.8 Å². The lowest BCUT2D eigenvalue weighted by Crippen LogP contribution is -2.42. The highest BCUT2D eigenvalue weighted by atomic mass is 19.1. The van der Waals surface area contributed by atoms with Crippen LogP contribution in [0.1, 0.15) is 24.8 Å². The van der Waals surface area contributed by atoms with Crippen molar-refractivity contribution in [3.8, 4) is 0 Å². The van der Waals surface area contributed by atoms with Gasteiger partial charge >= 0.3 is 12.0 Å². The number of carbonyl (C=O) groups is 3. The molecule has 2 N–H and O–H groups in total. The Bertz CT molecular complexity index is 588. The largest absolute Gasteiger partial charge is 0.481 e. The van der Waals surface area contributed by atoms with E-state index in [4.69, 9.17) is 5.11 Å². The molecular formula is C14H15FN2O4. The maximum absolute atomic E-state index is 13.2. The van der Waals surface area contributed by atoms with E-state index in [2.05, 4.69) is 5.32 Å². The summed E-state index contributed by atoms with van der Waals surface area (Å²) in [6.45, 7) is 0.382. The summed E-state index contributed by atoms with van der Waals surface area (Å²) in [5.41, 5.74) is 1.32. The maximum atomic E-state index is 13.2. The van der Waals surface area contributed by atoms with Gasteiger partial charge in [0.25, 0.3) is 0 Å². The Morgan fingerprint density at radius 2 is 2.05 bits per heavy atom. The van der Waals surface area contributed by atoms with Crippen molar-refractivity contribution < 1.29 is 23.9 Å². The van der Waals surface area contributed by atoms with E-state index in [1.54, 1.807) is 6.07 Å². The van der Waals surface area contributed by atoms with E-state index >= 15 is 0 Å². The second kappa shape index (κ2) is 6.34. The zero-order chi connectivity index (χ0) is 15.4. The number of anilines is 1. The minimum absolute atomic E-state index is 0.0398. The van der Waals surface area contributed by atoms with Crippen molar-refractivity contribution in [2.45, 2.75) is 25.7 Å². The third-order valence-corrected chi connectivity index (χ3v) is 3.23. The number of nitrogens with zero attached hydrogens (tertiary/aromatic N) is 1. The highest BCUT2D eigenvalue weighted by molar-refractivity contribution is 6.03. The standard InChI is InChI=1S/C14H15FN2O4/c15-10-5-4-9-6-7-17(11(9)8-10)14(21)16-12(18)2-1-3-13(19)20/h4-5,8H,1-3,6-7H2,(H,19,20)(H,16,18,21). The van der Waals surface area contributed by atoms with Crippen LogP contribution in [0.5, 0.6) is 0 Å². The highest BCUT2D eigenvalue weighted by Crippen LogP contribution is 2.28. The summed E-state index contributed by atoms with van der Waals surface area (Å²) < 4.78 is 13.2. The van der Waals surface area contributed by atoms with Gasteiger partial charge in [-0.2, -0.15) is 0 Å². The van der Waals surface area contributed by atoms with Gasteiger partial charge in [-0.25, -0.2) is 9.18 Å². The van der Waals surface area contributed by atoms with Crippen LogP contribution in [-0.4, -0.2) is 29.6 Å². The second-order valence-corrected chi connectivity index (χ2v) is 4.78. The maximum Gasteiger partial charge on any atom is 0.328 e. The number of carboxylic acid groups (broad SMARTS) is 1. The minimum Gasteiger partial charge on any atom is -0.481 e. The summed E-state index contributed by atoms with van der Waals surface area (Å²) in [6, 6.07) is 3.60. The Hall–Kier alpha value is -2.44. The van der Waals surface area contributed by atoms with Crippen LogP contribution >= 0.6 is 0 Å². The minimum atomic E-state index is -0.988. The fourth-order valence-corrected chi connectivity index (χ4v) is 2.21. The van der Waals surface area contributed by atoms with Crippen molar-refractivity contribution in [1.82, 2.24) is 5.32 Å². The fraction of sp³-hybridized carbons (Fsp3) is 0.357. The number of carboxylic acids is 1. The van der Waals surface area contributed by atoms with Crippen LogP contribution in [-0.2, 0) is 16.0 Å². The zero-order valence-corrected chi connectivity index (χ0v) is 11.3. The van der Waals surface area contributed by atoms with E-state index in [-0.39, 0.29) is 19.3 Å². The predicted octanol–water partition coefficient (Wildman–Crippen LogP) is 1.68. The van der Waals surface area contributed by atoms with Gasteiger partial charge in [-0.1, -0.05) is 6.07 Å². The van der Waals surface area contributed by atoms with Gasteiger partial charge in [0, 0.05) is 19.4 Å². The van der Waals surface area contributed by atoms with Gasteiger partial charge in [-0.05, 0) is 30.5 Å². The molecule has 0 spiro atoms. The van der Waals surface area contributed by atoms with Crippen molar-refractivity contribution >= 4 is 23.6 Å². The molecule has 2 rings (SSSR count). The molecule has 1 aromatic carbocycles. The molecule has 0 aromatic heterocycles. The van der Waals surface area contributed by atoms with Crippen molar-refractivity contribution in [1.29, 1.82) is 0 Å². The quantitative estimate of drug-likeness (QED) is 0.884. The van der Waals surface area contributed by atoms with Crippen LogP contribution < -0.4 is 10.2 Å². The van der Waals surface area contributed by atoms with Crippen molar-refractivity contribution in [3.05, 3.63) is 29.6 Å². The first-order valence-electron chi connectivity index (χ1n) is 6.59. The zero-order valence-electron chi connectivity index (χ0n) is 11.3. The Kier molecular flexibility index (Phi) is 4.52. The number of urea groups is 1. The van der Waals surface area contributed by atoms with Gasteiger partial charge in [-0.15, -0.1) is 0 Å². The van der Waals surface area contributed by atoms with Gasteiger partial charge in [0.05, 0.1) is 5.69 Å². The number of hydrogen-bond donors (Lipinski definition) is 2. The highest BCUT2D eigenvalue weighted by Gasteiger charge is 2.26. The Morgan fingerprint density at radius 1 is 1.29 bits per heavy atom. The van der Waals surface area contributed by atoms with Gasteiger partial charge in [-0.3, -0.25) is 19.8 Å². The lowest BCUT2D eigenvalue weighted by molar-refractivity contribution is -0.137. The number of amides is 3. The molecule has 0 bridgehead atoms. The van der Waals surface area contributed by atoms with Crippen LogP contribution in [0.3, 0.4) is 0 Å². The Morgan fingerprint density at radius 3 is 2.76 bits per heavy atom. The van der Waals surface area contributed by atoms with Crippen molar-refractivity contribution in [2.75, 3.05) is 11.4 Å². The number of halogens is 1. The molecule has 0 atom stereocenters.